The molecule has 0 amide bonds. The largest absolute Gasteiger partial charge is 0.573 e. The summed E-state index contributed by atoms with van der Waals surface area (Å²) in [5.74, 6) is -0.381. The van der Waals surface area contributed by atoms with Crippen molar-refractivity contribution in [1.82, 2.24) is 0 Å². The highest BCUT2D eigenvalue weighted by molar-refractivity contribution is 5.77. The van der Waals surface area contributed by atoms with Crippen LogP contribution in [-0.4, -0.2) is 18.8 Å². The Balaban J connectivity index is 2.39. The van der Waals surface area contributed by atoms with Crippen LogP contribution in [0.2, 0.25) is 0 Å². The number of carbonyl (C=O) groups excluding carboxylic acids is 1. The number of hydrogen-bond acceptors (Lipinski definition) is 3. The van der Waals surface area contributed by atoms with Crippen molar-refractivity contribution >= 4 is 6.29 Å². The summed E-state index contributed by atoms with van der Waals surface area (Å²) in [6, 6.07) is 10.9. The van der Waals surface area contributed by atoms with Crippen LogP contribution in [0.25, 0.3) is 11.1 Å². The highest BCUT2D eigenvalue weighted by Gasteiger charge is 2.32. The first-order chi connectivity index (χ1) is 10.8. The average Bonchev–Trinajstić information content (AvgIpc) is 2.47. The Morgan fingerprint density at radius 1 is 0.957 bits per heavy atom. The molecule has 2 rings (SSSR count). The van der Waals surface area contributed by atoms with Crippen molar-refractivity contribution in [3.05, 3.63) is 48.0 Å². The first-order valence-electron chi connectivity index (χ1n) is 6.90. The minimum Gasteiger partial charge on any atom is -0.487 e. The fraction of sp³-hybridized carbons (Fsp3) is 0.235. The molecule has 0 bridgehead atoms. The van der Waals surface area contributed by atoms with Crippen LogP contribution in [0.1, 0.15) is 24.2 Å². The predicted octanol–water partition coefficient (Wildman–Crippen LogP) is 4.85. The molecule has 3 nitrogen and oxygen atoms in total. The number of ether oxygens (including phenoxy) is 2. The van der Waals surface area contributed by atoms with Crippen LogP contribution in [0.4, 0.5) is 13.2 Å². The van der Waals surface area contributed by atoms with Crippen molar-refractivity contribution < 1.29 is 27.4 Å². The van der Waals surface area contributed by atoms with Crippen molar-refractivity contribution in [2.45, 2.75) is 26.3 Å². The van der Waals surface area contributed by atoms with Gasteiger partial charge in [0.25, 0.3) is 0 Å². The summed E-state index contributed by atoms with van der Waals surface area (Å²) in [7, 11) is 0. The van der Waals surface area contributed by atoms with Gasteiger partial charge in [-0.1, -0.05) is 30.3 Å². The van der Waals surface area contributed by atoms with Crippen LogP contribution >= 0.6 is 0 Å². The number of aldehydes is 1. The van der Waals surface area contributed by atoms with Gasteiger partial charge in [-0.05, 0) is 37.1 Å². The summed E-state index contributed by atoms with van der Waals surface area (Å²) in [6.07, 6.45) is -4.38. The van der Waals surface area contributed by atoms with E-state index in [-0.39, 0.29) is 17.6 Å². The molecule has 0 saturated carbocycles. The molecule has 0 aliphatic carbocycles. The molecular formula is C17H15F3O3. The second-order valence-corrected chi connectivity index (χ2v) is 5.12. The number of rotatable bonds is 5. The van der Waals surface area contributed by atoms with Crippen LogP contribution in [0, 0.1) is 0 Å². The van der Waals surface area contributed by atoms with Gasteiger partial charge >= 0.3 is 6.36 Å². The Bertz CT molecular complexity index is 676. The van der Waals surface area contributed by atoms with E-state index < -0.39 is 6.36 Å². The summed E-state index contributed by atoms with van der Waals surface area (Å²) in [4.78, 5) is 10.7. The maximum absolute atomic E-state index is 12.5. The molecule has 0 radical (unpaired) electrons. The van der Waals surface area contributed by atoms with Crippen molar-refractivity contribution in [1.29, 1.82) is 0 Å². The van der Waals surface area contributed by atoms with Crippen LogP contribution in [-0.2, 0) is 0 Å². The number of carbonyl (C=O) groups is 1. The minimum absolute atomic E-state index is 0.00860. The van der Waals surface area contributed by atoms with Gasteiger partial charge < -0.3 is 9.47 Å². The lowest BCUT2D eigenvalue weighted by molar-refractivity contribution is -0.275. The molecule has 0 aliphatic heterocycles. The molecule has 0 heterocycles. The second kappa shape index (κ2) is 6.73. The van der Waals surface area contributed by atoms with Gasteiger partial charge in [-0.25, -0.2) is 0 Å². The van der Waals surface area contributed by atoms with Crippen molar-refractivity contribution in [3.8, 4) is 22.6 Å². The molecule has 0 unspecified atom stereocenters. The highest BCUT2D eigenvalue weighted by atomic mass is 19.4. The molecule has 0 aliphatic rings. The molecule has 0 fully saturated rings. The summed E-state index contributed by atoms with van der Waals surface area (Å²) >= 11 is 0. The van der Waals surface area contributed by atoms with Crippen molar-refractivity contribution in [2.24, 2.45) is 0 Å². The third-order valence-corrected chi connectivity index (χ3v) is 2.91. The Kier molecular flexibility index (Phi) is 4.93. The van der Waals surface area contributed by atoms with Crippen LogP contribution in [0.15, 0.2) is 42.5 Å². The standard InChI is InChI=1S/C17H15F3O3/c1-11(2)22-16-9-14(7-8-15(16)23-17(18,19)20)13-5-3-12(10-21)4-6-13/h3-11H,1-2H3. The van der Waals surface area contributed by atoms with Gasteiger partial charge in [0.2, 0.25) is 0 Å². The fourth-order valence-corrected chi connectivity index (χ4v) is 2.00. The summed E-state index contributed by atoms with van der Waals surface area (Å²) < 4.78 is 46.8. The topological polar surface area (TPSA) is 35.5 Å². The van der Waals surface area contributed by atoms with Crippen LogP contribution in [0.3, 0.4) is 0 Å². The van der Waals surface area contributed by atoms with Crippen molar-refractivity contribution in [2.75, 3.05) is 0 Å². The number of benzene rings is 2. The third-order valence-electron chi connectivity index (χ3n) is 2.91. The molecule has 23 heavy (non-hydrogen) atoms. The van der Waals surface area contributed by atoms with E-state index in [1.165, 1.54) is 18.2 Å². The normalized spacial score (nSPS) is 11.4. The molecule has 0 atom stereocenters. The van der Waals surface area contributed by atoms with Gasteiger partial charge in [0, 0.05) is 5.56 Å². The Morgan fingerprint density at radius 3 is 2.09 bits per heavy atom. The minimum atomic E-state index is -4.79. The zero-order valence-corrected chi connectivity index (χ0v) is 12.6. The summed E-state index contributed by atoms with van der Waals surface area (Å²) in [5, 5.41) is 0. The van der Waals surface area contributed by atoms with E-state index in [1.54, 1.807) is 38.1 Å². The van der Waals surface area contributed by atoms with E-state index in [0.29, 0.717) is 11.1 Å². The Morgan fingerprint density at radius 2 is 1.57 bits per heavy atom. The molecule has 6 heteroatoms. The Hall–Kier alpha value is -2.50. The van der Waals surface area contributed by atoms with Gasteiger partial charge in [0.1, 0.15) is 6.29 Å². The maximum Gasteiger partial charge on any atom is 0.573 e. The second-order valence-electron chi connectivity index (χ2n) is 5.12. The lowest BCUT2D eigenvalue weighted by atomic mass is 10.0. The maximum atomic E-state index is 12.5. The van der Waals surface area contributed by atoms with Gasteiger partial charge in [-0.3, -0.25) is 4.79 Å². The van der Waals surface area contributed by atoms with E-state index in [0.717, 1.165) is 11.8 Å². The highest BCUT2D eigenvalue weighted by Crippen LogP contribution is 2.36. The van der Waals surface area contributed by atoms with E-state index >= 15 is 0 Å². The molecule has 2 aromatic carbocycles. The molecule has 0 N–H and O–H groups in total. The van der Waals surface area contributed by atoms with Gasteiger partial charge in [0.05, 0.1) is 6.10 Å². The zero-order valence-electron chi connectivity index (χ0n) is 12.6. The van der Waals surface area contributed by atoms with Gasteiger partial charge in [-0.15, -0.1) is 13.2 Å². The third kappa shape index (κ3) is 4.74. The summed E-state index contributed by atoms with van der Waals surface area (Å²) in [5.41, 5.74) is 1.93. The molecule has 122 valence electrons. The van der Waals surface area contributed by atoms with Crippen LogP contribution < -0.4 is 9.47 Å². The van der Waals surface area contributed by atoms with E-state index in [4.69, 9.17) is 4.74 Å². The smallest absolute Gasteiger partial charge is 0.487 e. The van der Waals surface area contributed by atoms with Gasteiger partial charge in [0.15, 0.2) is 11.5 Å². The summed E-state index contributed by atoms with van der Waals surface area (Å²) in [6.45, 7) is 3.42. The van der Waals surface area contributed by atoms with Crippen LogP contribution in [0.5, 0.6) is 11.5 Å². The molecule has 0 aromatic heterocycles. The Labute approximate surface area is 131 Å². The quantitative estimate of drug-likeness (QED) is 0.737. The fourth-order valence-electron chi connectivity index (χ4n) is 2.00. The first-order valence-corrected chi connectivity index (χ1v) is 6.90. The zero-order chi connectivity index (χ0) is 17.0. The molecule has 0 spiro atoms. The predicted molar refractivity (Wildman–Crippen MR) is 79.7 cm³/mol. The number of halogens is 3. The first kappa shape index (κ1) is 16.9. The SMILES string of the molecule is CC(C)Oc1cc(-c2ccc(C=O)cc2)ccc1OC(F)(F)F. The number of alkyl halides is 3. The molecule has 0 saturated heterocycles. The molecular weight excluding hydrogens is 309 g/mol. The lowest BCUT2D eigenvalue weighted by Gasteiger charge is -2.17. The monoisotopic (exact) mass is 324 g/mol. The average molecular weight is 324 g/mol. The lowest BCUT2D eigenvalue weighted by Crippen LogP contribution is -2.18. The van der Waals surface area contributed by atoms with Crippen molar-refractivity contribution in [3.63, 3.8) is 0 Å². The number of hydrogen-bond donors (Lipinski definition) is 0. The van der Waals surface area contributed by atoms with E-state index in [1.807, 2.05) is 0 Å². The van der Waals surface area contributed by atoms with Gasteiger partial charge in [-0.2, -0.15) is 0 Å². The van der Waals surface area contributed by atoms with E-state index in [2.05, 4.69) is 4.74 Å². The van der Waals surface area contributed by atoms with E-state index in [9.17, 15) is 18.0 Å². The molecule has 2 aromatic rings.